The number of likely N-dealkylation sites (N-methyl/N-ethyl adjacent to an activating group) is 1. The van der Waals surface area contributed by atoms with E-state index in [1.54, 1.807) is 0 Å². The Morgan fingerprint density at radius 3 is 2.46 bits per heavy atom. The molecule has 128 valence electrons. The molecule has 0 unspecified atom stereocenters. The highest BCUT2D eigenvalue weighted by Gasteiger charge is 2.54. The van der Waals surface area contributed by atoms with Crippen LogP contribution < -0.4 is 10.2 Å². The fourth-order valence-electron chi connectivity index (χ4n) is 6.50. The summed E-state index contributed by atoms with van der Waals surface area (Å²) in [7, 11) is 0. The third kappa shape index (κ3) is 2.20. The molecule has 0 spiro atoms. The third-order valence-corrected chi connectivity index (χ3v) is 7.24. The van der Waals surface area contributed by atoms with Crippen molar-refractivity contribution < 1.29 is 4.79 Å². The molecule has 4 fully saturated rings. The number of nitrogens with one attached hydrogen (secondary N) is 1. The van der Waals surface area contributed by atoms with Crippen LogP contribution in [0.3, 0.4) is 0 Å². The van der Waals surface area contributed by atoms with Crippen molar-refractivity contribution in [1.29, 1.82) is 0 Å². The van der Waals surface area contributed by atoms with Gasteiger partial charge in [-0.15, -0.1) is 0 Å². The van der Waals surface area contributed by atoms with E-state index >= 15 is 0 Å². The minimum atomic E-state index is -0.0573. The minimum Gasteiger partial charge on any atom is -0.371 e. The minimum absolute atomic E-state index is 0.0573. The Labute approximate surface area is 144 Å². The first kappa shape index (κ1) is 14.8. The van der Waals surface area contributed by atoms with Crippen LogP contribution in [0.15, 0.2) is 18.2 Å². The number of hydrogen-bond donors (Lipinski definition) is 1. The van der Waals surface area contributed by atoms with Gasteiger partial charge in [0, 0.05) is 24.5 Å². The highest BCUT2D eigenvalue weighted by molar-refractivity contribution is 5.96. The second-order valence-electron chi connectivity index (χ2n) is 8.83. The lowest BCUT2D eigenvalue weighted by atomic mass is 9.49. The molecular formula is C21H28N2O. The summed E-state index contributed by atoms with van der Waals surface area (Å²) in [5.74, 6) is 2.76. The molecule has 4 saturated carbocycles. The lowest BCUT2D eigenvalue weighted by Gasteiger charge is -2.55. The van der Waals surface area contributed by atoms with Gasteiger partial charge in [-0.25, -0.2) is 0 Å². The van der Waals surface area contributed by atoms with Crippen molar-refractivity contribution in [2.75, 3.05) is 23.3 Å². The van der Waals surface area contributed by atoms with Crippen molar-refractivity contribution in [3.8, 4) is 0 Å². The molecule has 4 aliphatic carbocycles. The van der Waals surface area contributed by atoms with Crippen molar-refractivity contribution in [2.24, 2.45) is 23.2 Å². The summed E-state index contributed by atoms with van der Waals surface area (Å²) in [6, 6.07) is 6.51. The summed E-state index contributed by atoms with van der Waals surface area (Å²) in [4.78, 5) is 15.6. The summed E-state index contributed by atoms with van der Waals surface area (Å²) in [5, 5.41) is 3.31. The van der Waals surface area contributed by atoms with Crippen molar-refractivity contribution in [3.05, 3.63) is 23.8 Å². The highest BCUT2D eigenvalue weighted by atomic mass is 16.2. The number of anilines is 2. The number of nitrogens with zero attached hydrogens (tertiary/aromatic N) is 1. The number of amides is 1. The third-order valence-electron chi connectivity index (χ3n) is 7.24. The van der Waals surface area contributed by atoms with Crippen molar-refractivity contribution >= 4 is 17.3 Å². The molecular weight excluding hydrogens is 296 g/mol. The van der Waals surface area contributed by atoms with E-state index in [-0.39, 0.29) is 5.41 Å². The number of hydrogen-bond acceptors (Lipinski definition) is 2. The van der Waals surface area contributed by atoms with Gasteiger partial charge in [0.2, 0.25) is 5.91 Å². The zero-order valence-electron chi connectivity index (χ0n) is 14.7. The molecule has 0 radical (unpaired) electrons. The van der Waals surface area contributed by atoms with Gasteiger partial charge in [0.05, 0.1) is 5.41 Å². The molecule has 24 heavy (non-hydrogen) atoms. The second kappa shape index (κ2) is 5.24. The van der Waals surface area contributed by atoms with Gasteiger partial charge in [-0.3, -0.25) is 4.79 Å². The lowest BCUT2D eigenvalue weighted by molar-refractivity contribution is -0.140. The molecule has 1 heterocycles. The molecule has 5 aliphatic rings. The number of carbonyl (C=O) groups is 1. The lowest BCUT2D eigenvalue weighted by Crippen LogP contribution is -2.51. The van der Waals surface area contributed by atoms with Gasteiger partial charge in [0.25, 0.3) is 0 Å². The van der Waals surface area contributed by atoms with E-state index < -0.39 is 0 Å². The number of fused-ring (bicyclic) bond motifs is 1. The first-order valence-corrected chi connectivity index (χ1v) is 9.84. The van der Waals surface area contributed by atoms with Crippen LogP contribution in [0, 0.1) is 23.2 Å². The summed E-state index contributed by atoms with van der Waals surface area (Å²) in [5.41, 5.74) is 3.68. The molecule has 6 rings (SSSR count). The van der Waals surface area contributed by atoms with Crippen LogP contribution in [0.5, 0.6) is 0 Å². The Hall–Kier alpha value is -1.51. The maximum absolute atomic E-state index is 13.2. The molecule has 1 aromatic rings. The summed E-state index contributed by atoms with van der Waals surface area (Å²) in [6.45, 7) is 4.35. The molecule has 1 amide bonds. The van der Waals surface area contributed by atoms with Crippen LogP contribution in [0.4, 0.5) is 11.4 Å². The summed E-state index contributed by atoms with van der Waals surface area (Å²) >= 11 is 0. The number of carbonyl (C=O) groups excluding carboxylic acids is 1. The highest BCUT2D eigenvalue weighted by Crippen LogP contribution is 2.60. The average molecular weight is 324 g/mol. The van der Waals surface area contributed by atoms with E-state index in [4.69, 9.17) is 0 Å². The predicted molar refractivity (Wildman–Crippen MR) is 97.3 cm³/mol. The van der Waals surface area contributed by atoms with Crippen LogP contribution >= 0.6 is 0 Å². The van der Waals surface area contributed by atoms with E-state index in [1.165, 1.54) is 30.5 Å². The molecule has 4 bridgehead atoms. The van der Waals surface area contributed by atoms with Gasteiger partial charge in [-0.2, -0.15) is 0 Å². The van der Waals surface area contributed by atoms with Crippen LogP contribution in [-0.4, -0.2) is 19.0 Å². The van der Waals surface area contributed by atoms with Gasteiger partial charge in [-0.05, 0) is 87.3 Å². The zero-order chi connectivity index (χ0) is 16.3. The standard InChI is InChI=1S/C21H28N2O/c1-2-23-6-5-17-3-4-18(10-19(17)23)22-20(24)21-11-14-7-15(12-21)9-16(8-14)13-21/h3-4,10,14-16H,2,5-9,11-13H2,1H3,(H,22,24). The summed E-state index contributed by atoms with van der Waals surface area (Å²) < 4.78 is 0. The van der Waals surface area contributed by atoms with Crippen molar-refractivity contribution in [2.45, 2.75) is 51.9 Å². The number of benzene rings is 1. The Bertz CT molecular complexity index is 645. The molecule has 0 atom stereocenters. The van der Waals surface area contributed by atoms with E-state index in [1.807, 2.05) is 0 Å². The second-order valence-corrected chi connectivity index (χ2v) is 8.83. The normalized spacial score (nSPS) is 36.0. The Morgan fingerprint density at radius 1 is 1.17 bits per heavy atom. The molecule has 3 nitrogen and oxygen atoms in total. The first-order chi connectivity index (χ1) is 11.6. The summed E-state index contributed by atoms with van der Waals surface area (Å²) in [6.07, 6.45) is 8.70. The van der Waals surface area contributed by atoms with E-state index in [9.17, 15) is 4.79 Å². The predicted octanol–water partition coefficient (Wildman–Crippen LogP) is 4.22. The maximum Gasteiger partial charge on any atom is 0.230 e. The van der Waals surface area contributed by atoms with Crippen LogP contribution in [0.2, 0.25) is 0 Å². The largest absolute Gasteiger partial charge is 0.371 e. The van der Waals surface area contributed by atoms with Crippen LogP contribution in [0.25, 0.3) is 0 Å². The molecule has 0 aromatic heterocycles. The Kier molecular flexibility index (Phi) is 3.23. The fraction of sp³-hybridized carbons (Fsp3) is 0.667. The van der Waals surface area contributed by atoms with E-state index in [0.29, 0.717) is 5.91 Å². The van der Waals surface area contributed by atoms with Crippen molar-refractivity contribution in [3.63, 3.8) is 0 Å². The van der Waals surface area contributed by atoms with Gasteiger partial charge in [-0.1, -0.05) is 6.07 Å². The monoisotopic (exact) mass is 324 g/mol. The van der Waals surface area contributed by atoms with E-state index in [0.717, 1.165) is 62.2 Å². The molecule has 0 saturated heterocycles. The topological polar surface area (TPSA) is 32.3 Å². The Balaban J connectivity index is 1.38. The zero-order valence-corrected chi connectivity index (χ0v) is 14.7. The molecule has 1 N–H and O–H groups in total. The number of rotatable bonds is 3. The fourth-order valence-corrected chi connectivity index (χ4v) is 6.50. The SMILES string of the molecule is CCN1CCc2ccc(NC(=O)C34CC5CC(CC(C5)C3)C4)cc21. The van der Waals surface area contributed by atoms with Gasteiger partial charge < -0.3 is 10.2 Å². The molecule has 3 heteroatoms. The molecule has 1 aliphatic heterocycles. The average Bonchev–Trinajstić information content (AvgIpc) is 2.96. The smallest absolute Gasteiger partial charge is 0.230 e. The Morgan fingerprint density at radius 2 is 1.83 bits per heavy atom. The van der Waals surface area contributed by atoms with Gasteiger partial charge in [0.15, 0.2) is 0 Å². The van der Waals surface area contributed by atoms with Gasteiger partial charge >= 0.3 is 0 Å². The van der Waals surface area contributed by atoms with Crippen LogP contribution in [0.1, 0.15) is 51.0 Å². The maximum atomic E-state index is 13.2. The van der Waals surface area contributed by atoms with E-state index in [2.05, 4.69) is 35.3 Å². The first-order valence-electron chi connectivity index (χ1n) is 9.84. The quantitative estimate of drug-likeness (QED) is 0.902. The van der Waals surface area contributed by atoms with Crippen LogP contribution in [-0.2, 0) is 11.2 Å². The van der Waals surface area contributed by atoms with Crippen molar-refractivity contribution in [1.82, 2.24) is 0 Å². The molecule has 1 aromatic carbocycles. The van der Waals surface area contributed by atoms with Gasteiger partial charge in [0.1, 0.15) is 0 Å².